The monoisotopic (exact) mass is 143 g/mol. The topological polar surface area (TPSA) is 52.3 Å². The van der Waals surface area contributed by atoms with Gasteiger partial charge in [-0.25, -0.2) is 4.79 Å². The van der Waals surface area contributed by atoms with Gasteiger partial charge in [0.15, 0.2) is 0 Å². The van der Waals surface area contributed by atoms with Gasteiger partial charge in [0.25, 0.3) is 0 Å². The summed E-state index contributed by atoms with van der Waals surface area (Å²) in [6.07, 6.45) is 2.82. The van der Waals surface area contributed by atoms with Crippen molar-refractivity contribution in [2.75, 3.05) is 0 Å². The standard InChI is InChI=1S/C7H13NO2/c1-2-3-5-4-6(5)10-7(8)9/h5-6H,2-4H2,1H3,(H2,8,9)/t5-,6?/m1/s1. The summed E-state index contributed by atoms with van der Waals surface area (Å²) < 4.78 is 4.77. The fourth-order valence-corrected chi connectivity index (χ4v) is 1.19. The molecule has 1 saturated carbocycles. The maximum atomic E-state index is 10.2. The van der Waals surface area contributed by atoms with E-state index in [0.717, 1.165) is 19.3 Å². The number of primary amides is 1. The van der Waals surface area contributed by atoms with Crippen LogP contribution in [-0.2, 0) is 4.74 Å². The first kappa shape index (κ1) is 7.38. The predicted octanol–water partition coefficient (Wildman–Crippen LogP) is 1.27. The van der Waals surface area contributed by atoms with Crippen molar-refractivity contribution in [3.05, 3.63) is 0 Å². The van der Waals surface area contributed by atoms with Crippen LogP contribution in [0.2, 0.25) is 0 Å². The first-order valence-electron chi connectivity index (χ1n) is 3.70. The molecule has 1 aliphatic carbocycles. The van der Waals surface area contributed by atoms with Crippen molar-refractivity contribution >= 4 is 6.09 Å². The summed E-state index contributed by atoms with van der Waals surface area (Å²) in [5.74, 6) is 0.595. The highest BCUT2D eigenvalue weighted by Gasteiger charge is 2.39. The molecule has 0 radical (unpaired) electrons. The molecular weight excluding hydrogens is 130 g/mol. The molecule has 0 aliphatic heterocycles. The van der Waals surface area contributed by atoms with Crippen molar-refractivity contribution in [2.45, 2.75) is 32.3 Å². The van der Waals surface area contributed by atoms with Gasteiger partial charge in [-0.2, -0.15) is 0 Å². The lowest BCUT2D eigenvalue weighted by Gasteiger charge is -1.97. The summed E-state index contributed by atoms with van der Waals surface area (Å²) >= 11 is 0. The molecule has 0 spiro atoms. The minimum absolute atomic E-state index is 0.137. The Labute approximate surface area is 60.5 Å². The highest BCUT2D eigenvalue weighted by molar-refractivity contribution is 5.65. The van der Waals surface area contributed by atoms with Gasteiger partial charge in [0, 0.05) is 0 Å². The molecule has 58 valence electrons. The molecule has 1 aliphatic rings. The van der Waals surface area contributed by atoms with Gasteiger partial charge in [-0.05, 0) is 18.8 Å². The van der Waals surface area contributed by atoms with Crippen molar-refractivity contribution in [1.82, 2.24) is 0 Å². The molecule has 3 heteroatoms. The van der Waals surface area contributed by atoms with E-state index in [1.165, 1.54) is 0 Å². The third-order valence-corrected chi connectivity index (χ3v) is 1.78. The van der Waals surface area contributed by atoms with Crippen molar-refractivity contribution in [1.29, 1.82) is 0 Å². The number of hydrogen-bond acceptors (Lipinski definition) is 2. The van der Waals surface area contributed by atoms with Crippen molar-refractivity contribution in [3.63, 3.8) is 0 Å². The van der Waals surface area contributed by atoms with Crippen molar-refractivity contribution in [3.8, 4) is 0 Å². The predicted molar refractivity (Wildman–Crippen MR) is 37.5 cm³/mol. The second-order valence-electron chi connectivity index (χ2n) is 2.76. The summed E-state index contributed by atoms with van der Waals surface area (Å²) in [5, 5.41) is 0. The van der Waals surface area contributed by atoms with Crippen LogP contribution in [0.3, 0.4) is 0 Å². The third-order valence-electron chi connectivity index (χ3n) is 1.78. The van der Waals surface area contributed by atoms with Gasteiger partial charge in [-0.15, -0.1) is 0 Å². The van der Waals surface area contributed by atoms with Gasteiger partial charge in [-0.1, -0.05) is 13.3 Å². The molecule has 0 aromatic carbocycles. The fourth-order valence-electron chi connectivity index (χ4n) is 1.19. The van der Waals surface area contributed by atoms with Crippen LogP contribution in [0.25, 0.3) is 0 Å². The molecule has 0 saturated heterocycles. The third kappa shape index (κ3) is 1.90. The summed E-state index contributed by atoms with van der Waals surface area (Å²) in [6.45, 7) is 2.12. The highest BCUT2D eigenvalue weighted by atomic mass is 16.6. The smallest absolute Gasteiger partial charge is 0.404 e. The molecule has 1 rings (SSSR count). The summed E-state index contributed by atoms with van der Waals surface area (Å²) in [7, 11) is 0. The minimum atomic E-state index is -0.636. The first-order chi connectivity index (χ1) is 4.74. The summed E-state index contributed by atoms with van der Waals surface area (Å²) in [5.41, 5.74) is 4.83. The summed E-state index contributed by atoms with van der Waals surface area (Å²) in [4.78, 5) is 10.2. The first-order valence-corrected chi connectivity index (χ1v) is 3.70. The second-order valence-corrected chi connectivity index (χ2v) is 2.76. The van der Waals surface area contributed by atoms with E-state index in [1.54, 1.807) is 0 Å². The molecule has 0 aromatic rings. The Morgan fingerprint density at radius 3 is 3.00 bits per heavy atom. The van der Waals surface area contributed by atoms with Gasteiger partial charge in [-0.3, -0.25) is 0 Å². The fraction of sp³-hybridized carbons (Fsp3) is 0.857. The van der Waals surface area contributed by atoms with Crippen LogP contribution in [0.5, 0.6) is 0 Å². The molecule has 0 aromatic heterocycles. The normalized spacial score (nSPS) is 29.7. The number of ether oxygens (including phenoxy) is 1. The van der Waals surface area contributed by atoms with E-state index in [1.807, 2.05) is 0 Å². The van der Waals surface area contributed by atoms with Crippen LogP contribution < -0.4 is 5.73 Å². The lowest BCUT2D eigenvalue weighted by Crippen LogP contribution is -2.15. The largest absolute Gasteiger partial charge is 0.446 e. The van der Waals surface area contributed by atoms with Crippen LogP contribution in [0.15, 0.2) is 0 Å². The lowest BCUT2D eigenvalue weighted by atomic mass is 10.2. The lowest BCUT2D eigenvalue weighted by molar-refractivity contribution is 0.143. The van der Waals surface area contributed by atoms with Crippen molar-refractivity contribution in [2.24, 2.45) is 11.7 Å². The molecular formula is C7H13NO2. The SMILES string of the molecule is CCC[C@@H]1CC1OC(N)=O. The molecule has 2 atom stereocenters. The van der Waals surface area contributed by atoms with Crippen LogP contribution in [-0.4, -0.2) is 12.2 Å². The van der Waals surface area contributed by atoms with E-state index < -0.39 is 6.09 Å². The Kier molecular flexibility index (Phi) is 2.14. The maximum absolute atomic E-state index is 10.2. The van der Waals surface area contributed by atoms with Gasteiger partial charge < -0.3 is 10.5 Å². The zero-order valence-electron chi connectivity index (χ0n) is 6.17. The Bertz CT molecular complexity index is 136. The number of carbonyl (C=O) groups excluding carboxylic acids is 1. The number of rotatable bonds is 3. The number of hydrogen-bond donors (Lipinski definition) is 1. The summed E-state index contributed by atoms with van der Waals surface area (Å²) in [6, 6.07) is 0. The maximum Gasteiger partial charge on any atom is 0.404 e. The van der Waals surface area contributed by atoms with Crippen LogP contribution in [0, 0.1) is 5.92 Å². The van der Waals surface area contributed by atoms with Gasteiger partial charge in [0.2, 0.25) is 0 Å². The Balaban J connectivity index is 2.07. The number of carbonyl (C=O) groups is 1. The number of nitrogens with two attached hydrogens (primary N) is 1. The Hall–Kier alpha value is -0.730. The van der Waals surface area contributed by atoms with E-state index in [9.17, 15) is 4.79 Å². The van der Waals surface area contributed by atoms with E-state index >= 15 is 0 Å². The molecule has 10 heavy (non-hydrogen) atoms. The number of amides is 1. The van der Waals surface area contributed by atoms with Crippen LogP contribution in [0.1, 0.15) is 26.2 Å². The van der Waals surface area contributed by atoms with E-state index in [0.29, 0.717) is 5.92 Å². The molecule has 1 amide bonds. The minimum Gasteiger partial charge on any atom is -0.446 e. The molecule has 0 heterocycles. The molecule has 2 N–H and O–H groups in total. The Morgan fingerprint density at radius 2 is 2.50 bits per heavy atom. The van der Waals surface area contributed by atoms with Gasteiger partial charge in [0.05, 0.1) is 0 Å². The van der Waals surface area contributed by atoms with E-state index in [2.05, 4.69) is 6.92 Å². The molecule has 3 nitrogen and oxygen atoms in total. The van der Waals surface area contributed by atoms with E-state index in [-0.39, 0.29) is 6.10 Å². The zero-order valence-corrected chi connectivity index (χ0v) is 6.17. The molecule has 1 fully saturated rings. The van der Waals surface area contributed by atoms with Crippen molar-refractivity contribution < 1.29 is 9.53 Å². The Morgan fingerprint density at radius 1 is 1.80 bits per heavy atom. The van der Waals surface area contributed by atoms with Crippen LogP contribution >= 0.6 is 0 Å². The quantitative estimate of drug-likeness (QED) is 0.646. The average molecular weight is 143 g/mol. The average Bonchev–Trinajstić information content (AvgIpc) is 2.47. The molecule has 0 bridgehead atoms. The van der Waals surface area contributed by atoms with Crippen LogP contribution in [0.4, 0.5) is 4.79 Å². The van der Waals surface area contributed by atoms with Gasteiger partial charge in [0.1, 0.15) is 6.10 Å². The zero-order chi connectivity index (χ0) is 7.56. The molecule has 1 unspecified atom stereocenters. The van der Waals surface area contributed by atoms with Gasteiger partial charge >= 0.3 is 6.09 Å². The second kappa shape index (κ2) is 2.90. The highest BCUT2D eigenvalue weighted by Crippen LogP contribution is 2.37. The van der Waals surface area contributed by atoms with E-state index in [4.69, 9.17) is 10.5 Å².